The second-order valence-electron chi connectivity index (χ2n) is 5.44. The lowest BCUT2D eigenvalue weighted by atomic mass is 9.89. The number of hydrogen-bond donors (Lipinski definition) is 0. The van der Waals surface area contributed by atoms with Crippen molar-refractivity contribution < 1.29 is 8.83 Å². The second kappa shape index (κ2) is 5.13. The lowest BCUT2D eigenvalue weighted by molar-refractivity contribution is 0.489. The minimum absolute atomic E-state index is 0.373. The Bertz CT molecular complexity index is 749. The number of rotatable bonds is 4. The molecule has 2 aromatic heterocycles. The molecule has 0 bridgehead atoms. The van der Waals surface area contributed by atoms with Gasteiger partial charge in [0.1, 0.15) is 11.5 Å². The van der Waals surface area contributed by atoms with E-state index in [9.17, 15) is 0 Å². The van der Waals surface area contributed by atoms with E-state index in [4.69, 9.17) is 8.83 Å². The van der Waals surface area contributed by atoms with Crippen molar-refractivity contribution in [1.82, 2.24) is 0 Å². The van der Waals surface area contributed by atoms with Gasteiger partial charge in [-0.1, -0.05) is 35.9 Å². The van der Waals surface area contributed by atoms with Crippen molar-refractivity contribution in [2.75, 3.05) is 0 Å². The van der Waals surface area contributed by atoms with Crippen molar-refractivity contribution in [1.29, 1.82) is 0 Å². The maximum atomic E-state index is 5.54. The van der Waals surface area contributed by atoms with Crippen molar-refractivity contribution in [2.45, 2.75) is 18.8 Å². The molecule has 1 atom stereocenters. The van der Waals surface area contributed by atoms with E-state index in [0.29, 0.717) is 5.92 Å². The highest BCUT2D eigenvalue weighted by molar-refractivity contribution is 5.67. The van der Waals surface area contributed by atoms with Gasteiger partial charge in [0.25, 0.3) is 0 Å². The molecule has 0 fully saturated rings. The topological polar surface area (TPSA) is 26.3 Å². The van der Waals surface area contributed by atoms with Crippen molar-refractivity contribution >= 4 is 6.08 Å². The Labute approximate surface area is 123 Å². The van der Waals surface area contributed by atoms with Crippen LogP contribution in [0.3, 0.4) is 0 Å². The molecule has 0 spiro atoms. The van der Waals surface area contributed by atoms with E-state index in [1.165, 1.54) is 16.7 Å². The number of allylic oxidation sites excluding steroid dienone is 1. The van der Waals surface area contributed by atoms with Crippen molar-refractivity contribution in [3.63, 3.8) is 0 Å². The smallest absolute Gasteiger partial charge is 0.107 e. The molecule has 0 saturated heterocycles. The van der Waals surface area contributed by atoms with E-state index < -0.39 is 0 Å². The predicted octanol–water partition coefficient (Wildman–Crippen LogP) is 4.84. The standard InChI is InChI=1S/C19H16O2/c1-2-8-18-14(5-1)11-15(12-16-6-3-9-20-16)19(18)13-17-7-4-10-21-17/h1-11,19H,12-13H2. The average Bonchev–Trinajstić information content (AvgIpc) is 3.23. The van der Waals surface area contributed by atoms with Crippen LogP contribution in [0.4, 0.5) is 0 Å². The van der Waals surface area contributed by atoms with Crippen LogP contribution in [0.15, 0.2) is 75.5 Å². The van der Waals surface area contributed by atoms with Crippen LogP contribution in [0.1, 0.15) is 28.6 Å². The summed E-state index contributed by atoms with van der Waals surface area (Å²) in [4.78, 5) is 0. The molecule has 0 N–H and O–H groups in total. The van der Waals surface area contributed by atoms with E-state index in [-0.39, 0.29) is 0 Å². The van der Waals surface area contributed by atoms with Crippen LogP contribution in [0, 0.1) is 0 Å². The van der Waals surface area contributed by atoms with Gasteiger partial charge in [0, 0.05) is 18.8 Å². The van der Waals surface area contributed by atoms with E-state index >= 15 is 0 Å². The fourth-order valence-electron chi connectivity index (χ4n) is 3.12. The van der Waals surface area contributed by atoms with E-state index in [1.807, 2.05) is 24.3 Å². The lowest BCUT2D eigenvalue weighted by Gasteiger charge is -2.15. The SMILES string of the molecule is C1=C(Cc2ccco2)C(Cc2ccco2)c2ccccc21. The van der Waals surface area contributed by atoms with Gasteiger partial charge in [-0.25, -0.2) is 0 Å². The molecule has 1 unspecified atom stereocenters. The third kappa shape index (κ3) is 2.33. The minimum Gasteiger partial charge on any atom is -0.469 e. The predicted molar refractivity (Wildman–Crippen MR) is 82.0 cm³/mol. The summed E-state index contributed by atoms with van der Waals surface area (Å²) in [6.07, 6.45) is 7.53. The molecule has 0 saturated carbocycles. The van der Waals surface area contributed by atoms with Gasteiger partial charge in [-0.05, 0) is 35.4 Å². The molecule has 0 radical (unpaired) electrons. The summed E-state index contributed by atoms with van der Waals surface area (Å²) in [6.45, 7) is 0. The number of fused-ring (bicyclic) bond motifs is 1. The molecule has 2 nitrogen and oxygen atoms in total. The number of benzene rings is 1. The summed E-state index contributed by atoms with van der Waals surface area (Å²) >= 11 is 0. The first-order valence-corrected chi connectivity index (χ1v) is 7.24. The first kappa shape index (κ1) is 12.3. The molecule has 2 heterocycles. The molecule has 104 valence electrons. The number of hydrogen-bond acceptors (Lipinski definition) is 2. The molecular formula is C19H16O2. The van der Waals surface area contributed by atoms with E-state index in [0.717, 1.165) is 24.4 Å². The first-order valence-electron chi connectivity index (χ1n) is 7.24. The third-order valence-corrected chi connectivity index (χ3v) is 4.10. The zero-order valence-electron chi connectivity index (χ0n) is 11.7. The minimum atomic E-state index is 0.373. The van der Waals surface area contributed by atoms with Gasteiger partial charge in [-0.3, -0.25) is 0 Å². The molecular weight excluding hydrogens is 260 g/mol. The highest BCUT2D eigenvalue weighted by Gasteiger charge is 2.26. The third-order valence-electron chi connectivity index (χ3n) is 4.10. The Hall–Kier alpha value is -2.48. The molecule has 1 aliphatic carbocycles. The molecule has 1 aromatic carbocycles. The summed E-state index contributed by atoms with van der Waals surface area (Å²) in [5.74, 6) is 2.41. The van der Waals surface area contributed by atoms with E-state index in [1.54, 1.807) is 12.5 Å². The zero-order chi connectivity index (χ0) is 14.1. The molecule has 3 aromatic rings. The first-order chi connectivity index (χ1) is 10.4. The Morgan fingerprint density at radius 2 is 1.57 bits per heavy atom. The normalized spacial score (nSPS) is 16.8. The molecule has 1 aliphatic rings. The Balaban J connectivity index is 1.67. The molecule has 4 rings (SSSR count). The van der Waals surface area contributed by atoms with Crippen LogP contribution in [0.25, 0.3) is 6.08 Å². The molecule has 21 heavy (non-hydrogen) atoms. The van der Waals surface area contributed by atoms with Gasteiger partial charge in [0.2, 0.25) is 0 Å². The summed E-state index contributed by atoms with van der Waals surface area (Å²) in [6, 6.07) is 16.6. The monoisotopic (exact) mass is 276 g/mol. The van der Waals surface area contributed by atoms with Crippen molar-refractivity contribution in [3.05, 3.63) is 89.3 Å². The fourth-order valence-corrected chi connectivity index (χ4v) is 3.12. The van der Waals surface area contributed by atoms with Gasteiger partial charge in [0.15, 0.2) is 0 Å². The average molecular weight is 276 g/mol. The zero-order valence-corrected chi connectivity index (χ0v) is 11.7. The van der Waals surface area contributed by atoms with Crippen LogP contribution >= 0.6 is 0 Å². The Kier molecular flexibility index (Phi) is 3.00. The van der Waals surface area contributed by atoms with Crippen LogP contribution in [0.2, 0.25) is 0 Å². The van der Waals surface area contributed by atoms with Crippen LogP contribution in [-0.4, -0.2) is 0 Å². The maximum absolute atomic E-state index is 5.54. The van der Waals surface area contributed by atoms with Crippen LogP contribution < -0.4 is 0 Å². The van der Waals surface area contributed by atoms with Gasteiger partial charge in [-0.15, -0.1) is 0 Å². The Morgan fingerprint density at radius 1 is 0.810 bits per heavy atom. The van der Waals surface area contributed by atoms with Gasteiger partial charge < -0.3 is 8.83 Å². The van der Waals surface area contributed by atoms with E-state index in [2.05, 4.69) is 30.3 Å². The van der Waals surface area contributed by atoms with Crippen LogP contribution in [-0.2, 0) is 12.8 Å². The van der Waals surface area contributed by atoms with Gasteiger partial charge in [-0.2, -0.15) is 0 Å². The van der Waals surface area contributed by atoms with Crippen LogP contribution in [0.5, 0.6) is 0 Å². The van der Waals surface area contributed by atoms with Crippen molar-refractivity contribution in [2.24, 2.45) is 0 Å². The largest absolute Gasteiger partial charge is 0.469 e. The second-order valence-corrected chi connectivity index (χ2v) is 5.44. The van der Waals surface area contributed by atoms with Gasteiger partial charge in [0.05, 0.1) is 12.5 Å². The highest BCUT2D eigenvalue weighted by atomic mass is 16.3. The summed E-state index contributed by atoms with van der Waals surface area (Å²) in [5.41, 5.74) is 4.09. The van der Waals surface area contributed by atoms with Crippen molar-refractivity contribution in [3.8, 4) is 0 Å². The highest BCUT2D eigenvalue weighted by Crippen LogP contribution is 2.40. The fraction of sp³-hybridized carbons (Fsp3) is 0.158. The number of furan rings is 2. The molecule has 0 aliphatic heterocycles. The quantitative estimate of drug-likeness (QED) is 0.681. The maximum Gasteiger partial charge on any atom is 0.107 e. The summed E-state index contributed by atoms with van der Waals surface area (Å²) in [5, 5.41) is 0. The summed E-state index contributed by atoms with van der Waals surface area (Å²) in [7, 11) is 0. The Morgan fingerprint density at radius 3 is 2.33 bits per heavy atom. The lowest BCUT2D eigenvalue weighted by Crippen LogP contribution is -2.04. The molecule has 0 amide bonds. The summed E-state index contributed by atoms with van der Waals surface area (Å²) < 4.78 is 11.1. The molecule has 2 heteroatoms. The van der Waals surface area contributed by atoms with Gasteiger partial charge >= 0.3 is 0 Å².